The maximum absolute atomic E-state index is 12.0. The standard InChI is InChI=1S/C14H20BrN3O/c1-10-7-12(16)5-6-18(10)9-14(19)17-13-4-2-3-11(15)8-13/h2-4,8,10,12H,5-7,9,16H2,1H3,(H,17,19). The Hall–Kier alpha value is -0.910. The van der Waals surface area contributed by atoms with Crippen molar-refractivity contribution in [3.63, 3.8) is 0 Å². The number of carbonyl (C=O) groups is 1. The van der Waals surface area contributed by atoms with Gasteiger partial charge >= 0.3 is 0 Å². The summed E-state index contributed by atoms with van der Waals surface area (Å²) in [6.07, 6.45) is 1.93. The van der Waals surface area contributed by atoms with E-state index < -0.39 is 0 Å². The van der Waals surface area contributed by atoms with Crippen LogP contribution >= 0.6 is 15.9 Å². The molecule has 1 fully saturated rings. The molecule has 0 aromatic heterocycles. The first-order chi connectivity index (χ1) is 9.04. The van der Waals surface area contributed by atoms with E-state index >= 15 is 0 Å². The molecule has 1 aromatic rings. The molecule has 1 aliphatic heterocycles. The number of hydrogen-bond acceptors (Lipinski definition) is 3. The van der Waals surface area contributed by atoms with Gasteiger partial charge in [-0.2, -0.15) is 0 Å². The van der Waals surface area contributed by atoms with Crippen LogP contribution in [0.3, 0.4) is 0 Å². The number of nitrogens with two attached hydrogens (primary N) is 1. The molecule has 1 amide bonds. The number of anilines is 1. The fourth-order valence-electron chi connectivity index (χ4n) is 2.44. The summed E-state index contributed by atoms with van der Waals surface area (Å²) < 4.78 is 0.961. The highest BCUT2D eigenvalue weighted by atomic mass is 79.9. The summed E-state index contributed by atoms with van der Waals surface area (Å²) in [6.45, 7) is 3.46. The average Bonchev–Trinajstić information content (AvgIpc) is 2.33. The molecular formula is C14H20BrN3O. The molecular weight excluding hydrogens is 306 g/mol. The molecule has 2 atom stereocenters. The van der Waals surface area contributed by atoms with Crippen LogP contribution in [0, 0.1) is 0 Å². The van der Waals surface area contributed by atoms with Crippen molar-refractivity contribution in [1.29, 1.82) is 0 Å². The monoisotopic (exact) mass is 325 g/mol. The number of piperidine rings is 1. The molecule has 19 heavy (non-hydrogen) atoms. The van der Waals surface area contributed by atoms with Gasteiger partial charge in [0.15, 0.2) is 0 Å². The van der Waals surface area contributed by atoms with Crippen LogP contribution in [0.2, 0.25) is 0 Å². The maximum atomic E-state index is 12.0. The number of rotatable bonds is 3. The Balaban J connectivity index is 1.87. The molecule has 1 heterocycles. The molecule has 1 aliphatic rings. The summed E-state index contributed by atoms with van der Waals surface area (Å²) in [5, 5.41) is 2.92. The molecule has 2 unspecified atom stereocenters. The highest BCUT2D eigenvalue weighted by Crippen LogP contribution is 2.17. The smallest absolute Gasteiger partial charge is 0.238 e. The SMILES string of the molecule is CC1CC(N)CCN1CC(=O)Nc1cccc(Br)c1. The van der Waals surface area contributed by atoms with Gasteiger partial charge in [0, 0.05) is 28.8 Å². The summed E-state index contributed by atoms with van der Waals surface area (Å²) in [5.74, 6) is 0.0282. The molecule has 0 aliphatic carbocycles. The van der Waals surface area contributed by atoms with Crippen molar-refractivity contribution in [2.45, 2.75) is 31.8 Å². The van der Waals surface area contributed by atoms with E-state index in [-0.39, 0.29) is 11.9 Å². The molecule has 0 radical (unpaired) electrons. The van der Waals surface area contributed by atoms with Crippen molar-refractivity contribution in [3.8, 4) is 0 Å². The number of carbonyl (C=O) groups excluding carboxylic acids is 1. The van der Waals surface area contributed by atoms with Crippen molar-refractivity contribution >= 4 is 27.5 Å². The second-order valence-electron chi connectivity index (χ2n) is 5.16. The van der Waals surface area contributed by atoms with E-state index in [1.165, 1.54) is 0 Å². The molecule has 5 heteroatoms. The summed E-state index contributed by atoms with van der Waals surface area (Å²) in [7, 11) is 0. The fraction of sp³-hybridized carbons (Fsp3) is 0.500. The zero-order valence-electron chi connectivity index (χ0n) is 11.1. The van der Waals surface area contributed by atoms with Gasteiger partial charge in [-0.15, -0.1) is 0 Å². The summed E-state index contributed by atoms with van der Waals surface area (Å²) in [5.41, 5.74) is 6.75. The molecule has 3 N–H and O–H groups in total. The van der Waals surface area contributed by atoms with Crippen molar-refractivity contribution in [2.75, 3.05) is 18.4 Å². The van der Waals surface area contributed by atoms with Gasteiger partial charge in [0.2, 0.25) is 5.91 Å². The zero-order valence-corrected chi connectivity index (χ0v) is 12.7. The van der Waals surface area contributed by atoms with Crippen molar-refractivity contribution in [3.05, 3.63) is 28.7 Å². The van der Waals surface area contributed by atoms with Crippen molar-refractivity contribution in [2.24, 2.45) is 5.73 Å². The summed E-state index contributed by atoms with van der Waals surface area (Å²) >= 11 is 3.39. The maximum Gasteiger partial charge on any atom is 0.238 e. The van der Waals surface area contributed by atoms with Gasteiger partial charge in [0.05, 0.1) is 6.54 Å². The molecule has 1 aromatic carbocycles. The molecule has 104 valence electrons. The number of likely N-dealkylation sites (tertiary alicyclic amines) is 1. The molecule has 0 spiro atoms. The molecule has 0 saturated carbocycles. The van der Waals surface area contributed by atoms with Gasteiger partial charge in [0.1, 0.15) is 0 Å². The lowest BCUT2D eigenvalue weighted by Crippen LogP contribution is -2.48. The number of amides is 1. The molecule has 4 nitrogen and oxygen atoms in total. The predicted octanol–water partition coefficient (Wildman–Crippen LogP) is 2.20. The lowest BCUT2D eigenvalue weighted by atomic mass is 9.99. The van der Waals surface area contributed by atoms with Gasteiger partial charge in [-0.1, -0.05) is 22.0 Å². The second kappa shape index (κ2) is 6.50. The molecule has 1 saturated heterocycles. The Morgan fingerprint density at radius 2 is 2.37 bits per heavy atom. The van der Waals surface area contributed by atoms with Crippen LogP contribution in [0.4, 0.5) is 5.69 Å². The Morgan fingerprint density at radius 1 is 1.58 bits per heavy atom. The third-order valence-corrected chi connectivity index (χ3v) is 4.00. The predicted molar refractivity (Wildman–Crippen MR) is 81.0 cm³/mol. The van der Waals surface area contributed by atoms with Crippen LogP contribution in [-0.4, -0.2) is 36.0 Å². The van der Waals surface area contributed by atoms with Gasteiger partial charge in [-0.3, -0.25) is 9.69 Å². The first-order valence-corrected chi connectivity index (χ1v) is 7.39. The minimum atomic E-state index is 0.0282. The molecule has 2 rings (SSSR count). The van der Waals surface area contributed by atoms with Crippen LogP contribution in [0.25, 0.3) is 0 Å². The first-order valence-electron chi connectivity index (χ1n) is 6.59. The topological polar surface area (TPSA) is 58.4 Å². The van der Waals surface area contributed by atoms with E-state index in [0.29, 0.717) is 12.6 Å². The molecule has 0 bridgehead atoms. The van der Waals surface area contributed by atoms with Gasteiger partial charge in [-0.25, -0.2) is 0 Å². The number of hydrogen-bond donors (Lipinski definition) is 2. The van der Waals surface area contributed by atoms with Gasteiger partial charge < -0.3 is 11.1 Å². The van der Waals surface area contributed by atoms with E-state index in [2.05, 4.69) is 33.1 Å². The Bertz CT molecular complexity index is 452. The highest BCUT2D eigenvalue weighted by molar-refractivity contribution is 9.10. The van der Waals surface area contributed by atoms with Crippen molar-refractivity contribution in [1.82, 2.24) is 4.90 Å². The summed E-state index contributed by atoms with van der Waals surface area (Å²) in [4.78, 5) is 14.2. The van der Waals surface area contributed by atoms with Crippen LogP contribution in [0.15, 0.2) is 28.7 Å². The third-order valence-electron chi connectivity index (χ3n) is 3.51. The number of benzene rings is 1. The third kappa shape index (κ3) is 4.30. The Labute approximate surface area is 122 Å². The van der Waals surface area contributed by atoms with Crippen LogP contribution in [0.1, 0.15) is 19.8 Å². The quantitative estimate of drug-likeness (QED) is 0.895. The first kappa shape index (κ1) is 14.5. The van der Waals surface area contributed by atoms with E-state index in [0.717, 1.165) is 29.5 Å². The lowest BCUT2D eigenvalue weighted by Gasteiger charge is -2.35. The fourth-order valence-corrected chi connectivity index (χ4v) is 2.84. The van der Waals surface area contributed by atoms with Crippen LogP contribution < -0.4 is 11.1 Å². The highest BCUT2D eigenvalue weighted by Gasteiger charge is 2.24. The van der Waals surface area contributed by atoms with Crippen molar-refractivity contribution < 1.29 is 4.79 Å². The minimum Gasteiger partial charge on any atom is -0.328 e. The van der Waals surface area contributed by atoms with E-state index in [1.807, 2.05) is 24.3 Å². The number of nitrogens with zero attached hydrogens (tertiary/aromatic N) is 1. The van der Waals surface area contributed by atoms with E-state index in [1.54, 1.807) is 0 Å². The summed E-state index contributed by atoms with van der Waals surface area (Å²) in [6, 6.07) is 8.27. The second-order valence-corrected chi connectivity index (χ2v) is 6.08. The lowest BCUT2D eigenvalue weighted by molar-refractivity contribution is -0.118. The minimum absolute atomic E-state index is 0.0282. The van der Waals surface area contributed by atoms with Crippen LogP contribution in [-0.2, 0) is 4.79 Å². The Morgan fingerprint density at radius 3 is 3.05 bits per heavy atom. The van der Waals surface area contributed by atoms with Gasteiger partial charge in [0.25, 0.3) is 0 Å². The Kier molecular flexibility index (Phi) is 4.96. The normalized spacial score (nSPS) is 24.2. The number of nitrogens with one attached hydrogen (secondary N) is 1. The van der Waals surface area contributed by atoms with E-state index in [4.69, 9.17) is 5.73 Å². The average molecular weight is 326 g/mol. The van der Waals surface area contributed by atoms with Gasteiger partial charge in [-0.05, 0) is 38.0 Å². The van der Waals surface area contributed by atoms with Crippen LogP contribution in [0.5, 0.6) is 0 Å². The zero-order chi connectivity index (χ0) is 13.8. The largest absolute Gasteiger partial charge is 0.328 e. The number of halogens is 1. The van der Waals surface area contributed by atoms with E-state index in [9.17, 15) is 4.79 Å².